The molecule has 18 heavy (non-hydrogen) atoms. The van der Waals surface area contributed by atoms with Crippen molar-refractivity contribution in [2.45, 2.75) is 18.4 Å². The normalized spacial score (nSPS) is 11.4. The Morgan fingerprint density at radius 3 is 2.67 bits per heavy atom. The second-order valence-electron chi connectivity index (χ2n) is 3.50. The zero-order valence-electron chi connectivity index (χ0n) is 9.49. The number of rotatable bonds is 4. The number of aliphatic hydroxyl groups excluding tert-OH is 1. The SMILES string of the molecule is Cc1nnc(NS(=O)(=O)c2ccccc2CO)s1. The maximum atomic E-state index is 12.1. The molecule has 96 valence electrons. The van der Waals surface area contributed by atoms with E-state index in [1.165, 1.54) is 6.07 Å². The molecule has 6 nitrogen and oxygen atoms in total. The Kier molecular flexibility index (Phi) is 3.60. The molecule has 0 amide bonds. The van der Waals surface area contributed by atoms with Crippen LogP contribution in [0.25, 0.3) is 0 Å². The lowest BCUT2D eigenvalue weighted by molar-refractivity contribution is 0.278. The monoisotopic (exact) mass is 285 g/mol. The number of sulfonamides is 1. The molecule has 8 heteroatoms. The maximum absolute atomic E-state index is 12.1. The number of aliphatic hydroxyl groups is 1. The van der Waals surface area contributed by atoms with Crippen molar-refractivity contribution in [2.24, 2.45) is 0 Å². The van der Waals surface area contributed by atoms with Crippen molar-refractivity contribution < 1.29 is 13.5 Å². The highest BCUT2D eigenvalue weighted by molar-refractivity contribution is 7.93. The van der Waals surface area contributed by atoms with E-state index in [1.54, 1.807) is 25.1 Å². The Morgan fingerprint density at radius 2 is 2.06 bits per heavy atom. The Bertz CT molecular complexity index is 652. The van der Waals surface area contributed by atoms with E-state index in [0.29, 0.717) is 10.6 Å². The van der Waals surface area contributed by atoms with Gasteiger partial charge < -0.3 is 5.11 Å². The number of hydrogen-bond donors (Lipinski definition) is 2. The summed E-state index contributed by atoms with van der Waals surface area (Å²) in [5.74, 6) is 0. The maximum Gasteiger partial charge on any atom is 0.264 e. The molecule has 1 heterocycles. The van der Waals surface area contributed by atoms with Gasteiger partial charge in [-0.05, 0) is 18.6 Å². The summed E-state index contributed by atoms with van der Waals surface area (Å²) in [7, 11) is -3.74. The van der Waals surface area contributed by atoms with Gasteiger partial charge in [0.25, 0.3) is 10.0 Å². The van der Waals surface area contributed by atoms with Crippen molar-refractivity contribution in [3.8, 4) is 0 Å². The molecule has 0 radical (unpaired) electrons. The number of hydrogen-bond acceptors (Lipinski definition) is 6. The minimum atomic E-state index is -3.74. The quantitative estimate of drug-likeness (QED) is 0.878. The summed E-state index contributed by atoms with van der Waals surface area (Å²) >= 11 is 1.15. The second-order valence-corrected chi connectivity index (χ2v) is 6.33. The van der Waals surface area contributed by atoms with Crippen molar-refractivity contribution in [1.82, 2.24) is 10.2 Å². The predicted molar refractivity (Wildman–Crippen MR) is 67.8 cm³/mol. The van der Waals surface area contributed by atoms with Crippen molar-refractivity contribution >= 4 is 26.5 Å². The van der Waals surface area contributed by atoms with Crippen LogP contribution >= 0.6 is 11.3 Å². The second kappa shape index (κ2) is 5.01. The lowest BCUT2D eigenvalue weighted by Crippen LogP contribution is -2.14. The van der Waals surface area contributed by atoms with E-state index in [1.807, 2.05) is 0 Å². The first kappa shape index (κ1) is 12.9. The highest BCUT2D eigenvalue weighted by atomic mass is 32.2. The van der Waals surface area contributed by atoms with E-state index >= 15 is 0 Å². The molecule has 0 bridgehead atoms. The highest BCUT2D eigenvalue weighted by Gasteiger charge is 2.19. The fourth-order valence-electron chi connectivity index (χ4n) is 1.40. The van der Waals surface area contributed by atoms with Gasteiger partial charge in [0.15, 0.2) is 0 Å². The van der Waals surface area contributed by atoms with Gasteiger partial charge in [-0.2, -0.15) is 0 Å². The third-order valence-corrected chi connectivity index (χ3v) is 4.50. The molecule has 0 unspecified atom stereocenters. The topological polar surface area (TPSA) is 92.2 Å². The molecule has 1 aromatic heterocycles. The van der Waals surface area contributed by atoms with Crippen LogP contribution in [0.2, 0.25) is 0 Å². The average molecular weight is 285 g/mol. The van der Waals surface area contributed by atoms with Crippen LogP contribution in [0.4, 0.5) is 5.13 Å². The first-order chi connectivity index (χ1) is 8.53. The van der Waals surface area contributed by atoms with Gasteiger partial charge in [0.2, 0.25) is 5.13 Å². The van der Waals surface area contributed by atoms with Gasteiger partial charge in [0, 0.05) is 0 Å². The standard InChI is InChI=1S/C10H11N3O3S2/c1-7-11-12-10(17-7)13-18(15,16)9-5-3-2-4-8(9)6-14/h2-5,14H,6H2,1H3,(H,12,13). The average Bonchev–Trinajstić information content (AvgIpc) is 2.74. The molecular formula is C10H11N3O3S2. The number of benzene rings is 1. The van der Waals surface area contributed by atoms with Gasteiger partial charge in [-0.25, -0.2) is 8.42 Å². The molecule has 2 aromatic rings. The lowest BCUT2D eigenvalue weighted by Gasteiger charge is -2.08. The number of nitrogens with zero attached hydrogens (tertiary/aromatic N) is 2. The molecule has 2 N–H and O–H groups in total. The Hall–Kier alpha value is -1.51. The first-order valence-electron chi connectivity index (χ1n) is 5.04. The van der Waals surface area contributed by atoms with Crippen LogP contribution in [0, 0.1) is 6.92 Å². The van der Waals surface area contributed by atoms with E-state index in [0.717, 1.165) is 11.3 Å². The number of aryl methyl sites for hydroxylation is 1. The summed E-state index contributed by atoms with van der Waals surface area (Å²) in [6.45, 7) is 1.39. The minimum Gasteiger partial charge on any atom is -0.392 e. The Balaban J connectivity index is 2.36. The van der Waals surface area contributed by atoms with Crippen molar-refractivity contribution in [3.05, 3.63) is 34.8 Å². The van der Waals surface area contributed by atoms with Gasteiger partial charge >= 0.3 is 0 Å². The number of aromatic nitrogens is 2. The molecule has 0 atom stereocenters. The predicted octanol–water partition coefficient (Wildman–Crippen LogP) is 1.14. The van der Waals surface area contributed by atoms with Crippen molar-refractivity contribution in [1.29, 1.82) is 0 Å². The zero-order valence-corrected chi connectivity index (χ0v) is 11.1. The molecule has 1 aromatic carbocycles. The summed E-state index contributed by atoms with van der Waals surface area (Å²) < 4.78 is 26.6. The molecular weight excluding hydrogens is 274 g/mol. The molecule has 0 saturated carbocycles. The number of nitrogens with one attached hydrogen (secondary N) is 1. The van der Waals surface area contributed by atoms with Gasteiger partial charge in [0.05, 0.1) is 11.5 Å². The molecule has 0 fully saturated rings. The summed E-state index contributed by atoms with van der Waals surface area (Å²) in [6, 6.07) is 6.25. The van der Waals surface area contributed by atoms with Crippen LogP contribution in [-0.2, 0) is 16.6 Å². The molecule has 0 aliphatic heterocycles. The summed E-state index contributed by atoms with van der Waals surface area (Å²) in [6.07, 6.45) is 0. The van der Waals surface area contributed by atoms with Crippen LogP contribution < -0.4 is 4.72 Å². The van der Waals surface area contributed by atoms with E-state index in [9.17, 15) is 8.42 Å². The highest BCUT2D eigenvalue weighted by Crippen LogP contribution is 2.21. The van der Waals surface area contributed by atoms with Gasteiger partial charge in [0.1, 0.15) is 5.01 Å². The Morgan fingerprint density at radius 1 is 1.33 bits per heavy atom. The first-order valence-corrected chi connectivity index (χ1v) is 7.34. The summed E-state index contributed by atoms with van der Waals surface area (Å²) in [4.78, 5) is 0.0420. The van der Waals surface area contributed by atoms with E-state index in [-0.39, 0.29) is 16.6 Å². The van der Waals surface area contributed by atoms with Crippen LogP contribution in [0.15, 0.2) is 29.2 Å². The zero-order chi connectivity index (χ0) is 13.2. The number of anilines is 1. The minimum absolute atomic E-state index is 0.0420. The van der Waals surface area contributed by atoms with E-state index in [4.69, 9.17) is 5.11 Å². The summed E-state index contributed by atoms with van der Waals surface area (Å²) in [5.41, 5.74) is 0.339. The largest absolute Gasteiger partial charge is 0.392 e. The summed E-state index contributed by atoms with van der Waals surface area (Å²) in [5, 5.41) is 17.4. The third kappa shape index (κ3) is 2.66. The fourth-order valence-corrected chi connectivity index (χ4v) is 3.46. The third-order valence-electron chi connectivity index (χ3n) is 2.18. The van der Waals surface area contributed by atoms with Crippen molar-refractivity contribution in [2.75, 3.05) is 4.72 Å². The van der Waals surface area contributed by atoms with Crippen LogP contribution in [0.3, 0.4) is 0 Å². The smallest absolute Gasteiger partial charge is 0.264 e. The van der Waals surface area contributed by atoms with Gasteiger partial charge in [-0.15, -0.1) is 10.2 Å². The van der Waals surface area contributed by atoms with Crippen molar-refractivity contribution in [3.63, 3.8) is 0 Å². The molecule has 0 aliphatic carbocycles. The van der Waals surface area contributed by atoms with Crippen LogP contribution in [0.1, 0.15) is 10.6 Å². The van der Waals surface area contributed by atoms with Crippen LogP contribution in [0.5, 0.6) is 0 Å². The van der Waals surface area contributed by atoms with Crippen LogP contribution in [-0.4, -0.2) is 23.7 Å². The van der Waals surface area contributed by atoms with E-state index in [2.05, 4.69) is 14.9 Å². The fraction of sp³-hybridized carbons (Fsp3) is 0.200. The molecule has 2 rings (SSSR count). The van der Waals surface area contributed by atoms with E-state index < -0.39 is 10.0 Å². The lowest BCUT2D eigenvalue weighted by atomic mass is 10.2. The molecule has 0 saturated heterocycles. The molecule has 0 aliphatic rings. The van der Waals surface area contributed by atoms with Gasteiger partial charge in [-0.1, -0.05) is 29.5 Å². The molecule has 0 spiro atoms. The van der Waals surface area contributed by atoms with Gasteiger partial charge in [-0.3, -0.25) is 4.72 Å². The Labute approximate surface area is 108 Å².